The zero-order valence-electron chi connectivity index (χ0n) is 10.2. The van der Waals surface area contributed by atoms with E-state index >= 15 is 0 Å². The van der Waals surface area contributed by atoms with Gasteiger partial charge >= 0.3 is 0 Å². The lowest BCUT2D eigenvalue weighted by Crippen LogP contribution is -2.17. The molecule has 6 heteroatoms. The van der Waals surface area contributed by atoms with E-state index in [1.165, 1.54) is 30.5 Å². The van der Waals surface area contributed by atoms with Gasteiger partial charge in [0.25, 0.3) is 5.91 Å². The summed E-state index contributed by atoms with van der Waals surface area (Å²) in [6.07, 6.45) is 1.33. The highest BCUT2D eigenvalue weighted by molar-refractivity contribution is 14.1. The van der Waals surface area contributed by atoms with Gasteiger partial charge in [0.15, 0.2) is 0 Å². The fourth-order valence-electron chi connectivity index (χ4n) is 1.48. The van der Waals surface area contributed by atoms with Gasteiger partial charge in [-0.25, -0.2) is 9.82 Å². The number of hydrazone groups is 1. The number of hydrogen-bond donors (Lipinski definition) is 2. The average Bonchev–Trinajstić information content (AvgIpc) is 2.42. The summed E-state index contributed by atoms with van der Waals surface area (Å²) in [6, 6.07) is 10.3. The highest BCUT2D eigenvalue weighted by Crippen LogP contribution is 2.17. The minimum atomic E-state index is -0.522. The van der Waals surface area contributed by atoms with Crippen LogP contribution in [0.4, 0.5) is 4.39 Å². The van der Waals surface area contributed by atoms with Crippen LogP contribution in [0, 0.1) is 9.39 Å². The monoisotopic (exact) mass is 384 g/mol. The number of rotatable bonds is 3. The molecule has 2 aromatic rings. The molecule has 0 radical (unpaired) electrons. The lowest BCUT2D eigenvalue weighted by atomic mass is 10.2. The van der Waals surface area contributed by atoms with Crippen LogP contribution in [-0.2, 0) is 0 Å². The largest absolute Gasteiger partial charge is 0.507 e. The molecule has 0 aliphatic rings. The lowest BCUT2D eigenvalue weighted by molar-refractivity contribution is 0.0954. The van der Waals surface area contributed by atoms with Gasteiger partial charge in [-0.2, -0.15) is 5.10 Å². The van der Waals surface area contributed by atoms with Crippen LogP contribution in [-0.4, -0.2) is 17.2 Å². The first-order chi connectivity index (χ1) is 9.56. The number of carbonyl (C=O) groups excluding carboxylic acids is 1. The summed E-state index contributed by atoms with van der Waals surface area (Å²) in [4.78, 5) is 11.7. The van der Waals surface area contributed by atoms with Crippen LogP contribution >= 0.6 is 22.6 Å². The lowest BCUT2D eigenvalue weighted by Gasteiger charge is -2.01. The second kappa shape index (κ2) is 6.47. The molecule has 0 heterocycles. The Kier molecular flexibility index (Phi) is 4.67. The van der Waals surface area contributed by atoms with Gasteiger partial charge in [0.2, 0.25) is 0 Å². The van der Waals surface area contributed by atoms with Gasteiger partial charge in [-0.3, -0.25) is 4.79 Å². The van der Waals surface area contributed by atoms with E-state index in [4.69, 9.17) is 0 Å². The highest BCUT2D eigenvalue weighted by Gasteiger charge is 2.05. The third-order valence-electron chi connectivity index (χ3n) is 2.45. The Balaban J connectivity index is 2.06. The fraction of sp³-hybridized carbons (Fsp3) is 0. The molecule has 0 atom stereocenters. The molecule has 0 unspecified atom stereocenters. The minimum Gasteiger partial charge on any atom is -0.507 e. The van der Waals surface area contributed by atoms with Gasteiger partial charge < -0.3 is 5.11 Å². The second-order valence-corrected chi connectivity index (χ2v) is 5.16. The molecule has 2 rings (SSSR count). The molecular formula is C14H10FIN2O2. The van der Waals surface area contributed by atoms with Crippen molar-refractivity contribution in [3.63, 3.8) is 0 Å². The zero-order chi connectivity index (χ0) is 14.5. The van der Waals surface area contributed by atoms with Crippen molar-refractivity contribution in [2.75, 3.05) is 0 Å². The van der Waals surface area contributed by atoms with E-state index in [9.17, 15) is 14.3 Å². The number of nitrogens with one attached hydrogen (secondary N) is 1. The SMILES string of the molecule is O=C(N/N=C/c1cc(I)ccc1O)c1cccc(F)c1. The average molecular weight is 384 g/mol. The molecule has 20 heavy (non-hydrogen) atoms. The molecule has 102 valence electrons. The summed E-state index contributed by atoms with van der Waals surface area (Å²) >= 11 is 2.10. The summed E-state index contributed by atoms with van der Waals surface area (Å²) in [7, 11) is 0. The fourth-order valence-corrected chi connectivity index (χ4v) is 2.00. The van der Waals surface area contributed by atoms with Crippen molar-refractivity contribution in [1.29, 1.82) is 0 Å². The van der Waals surface area contributed by atoms with E-state index in [1.807, 2.05) is 0 Å². The third-order valence-corrected chi connectivity index (χ3v) is 3.12. The maximum atomic E-state index is 13.0. The molecule has 0 aliphatic heterocycles. The molecule has 0 aromatic heterocycles. The van der Waals surface area contributed by atoms with Crippen LogP contribution in [0.25, 0.3) is 0 Å². The van der Waals surface area contributed by atoms with Gasteiger partial charge in [0.1, 0.15) is 11.6 Å². The van der Waals surface area contributed by atoms with Crippen molar-refractivity contribution < 1.29 is 14.3 Å². The first-order valence-corrected chi connectivity index (χ1v) is 6.71. The van der Waals surface area contributed by atoms with Crippen molar-refractivity contribution in [3.05, 3.63) is 63.0 Å². The van der Waals surface area contributed by atoms with Crippen molar-refractivity contribution in [2.45, 2.75) is 0 Å². The van der Waals surface area contributed by atoms with Crippen LogP contribution < -0.4 is 5.43 Å². The quantitative estimate of drug-likeness (QED) is 0.486. The Hall–Kier alpha value is -1.96. The van der Waals surface area contributed by atoms with Crippen LogP contribution in [0.3, 0.4) is 0 Å². The molecule has 0 saturated carbocycles. The summed E-state index contributed by atoms with van der Waals surface area (Å²) in [5.74, 6) is -0.947. The topological polar surface area (TPSA) is 61.7 Å². The number of hydrogen-bond acceptors (Lipinski definition) is 3. The predicted octanol–water partition coefficient (Wildman–Crippen LogP) is 2.90. The molecule has 2 aromatic carbocycles. The number of halogens is 2. The van der Waals surface area contributed by atoms with E-state index in [2.05, 4.69) is 33.1 Å². The number of phenols is 1. The molecule has 0 bridgehead atoms. The summed E-state index contributed by atoms with van der Waals surface area (Å²) in [6.45, 7) is 0. The standard InChI is InChI=1S/C14H10FIN2O2/c15-11-3-1-2-9(6-11)14(20)18-17-8-10-7-12(16)4-5-13(10)19/h1-8,19H,(H,18,20)/b17-8+. The van der Waals surface area contributed by atoms with E-state index in [-0.39, 0.29) is 11.3 Å². The normalized spacial score (nSPS) is 10.7. The maximum Gasteiger partial charge on any atom is 0.271 e. The Bertz CT molecular complexity index is 674. The molecule has 0 saturated heterocycles. The highest BCUT2D eigenvalue weighted by atomic mass is 127. The Morgan fingerprint density at radius 1 is 1.30 bits per heavy atom. The zero-order valence-corrected chi connectivity index (χ0v) is 12.3. The number of amides is 1. The van der Waals surface area contributed by atoms with Crippen LogP contribution in [0.1, 0.15) is 15.9 Å². The van der Waals surface area contributed by atoms with Gasteiger partial charge in [-0.05, 0) is 59.0 Å². The molecule has 1 amide bonds. The number of benzene rings is 2. The second-order valence-electron chi connectivity index (χ2n) is 3.91. The predicted molar refractivity (Wildman–Crippen MR) is 82.3 cm³/mol. The first-order valence-electron chi connectivity index (χ1n) is 5.64. The Morgan fingerprint density at radius 3 is 2.85 bits per heavy atom. The van der Waals surface area contributed by atoms with Gasteiger partial charge in [-0.1, -0.05) is 6.07 Å². The van der Waals surface area contributed by atoms with Crippen molar-refractivity contribution >= 4 is 34.7 Å². The van der Waals surface area contributed by atoms with E-state index in [1.54, 1.807) is 12.1 Å². The van der Waals surface area contributed by atoms with Gasteiger partial charge in [0, 0.05) is 14.7 Å². The maximum absolute atomic E-state index is 13.0. The van der Waals surface area contributed by atoms with E-state index in [0.717, 1.165) is 9.64 Å². The van der Waals surface area contributed by atoms with Gasteiger partial charge in [0.05, 0.1) is 6.21 Å². The molecule has 4 nitrogen and oxygen atoms in total. The molecule has 0 fully saturated rings. The summed E-state index contributed by atoms with van der Waals surface area (Å²) in [5, 5.41) is 13.3. The summed E-state index contributed by atoms with van der Waals surface area (Å²) in [5.41, 5.74) is 2.93. The van der Waals surface area contributed by atoms with Crippen LogP contribution in [0.15, 0.2) is 47.6 Å². The Morgan fingerprint density at radius 2 is 2.10 bits per heavy atom. The minimum absolute atomic E-state index is 0.0640. The molecular weight excluding hydrogens is 374 g/mol. The number of phenolic OH excluding ortho intramolecular Hbond substituents is 1. The molecule has 0 aliphatic carbocycles. The van der Waals surface area contributed by atoms with Crippen LogP contribution in [0.2, 0.25) is 0 Å². The molecule has 0 spiro atoms. The van der Waals surface area contributed by atoms with E-state index < -0.39 is 11.7 Å². The molecule has 2 N–H and O–H groups in total. The Labute approximate surface area is 128 Å². The number of carbonyl (C=O) groups is 1. The van der Waals surface area contributed by atoms with Crippen LogP contribution in [0.5, 0.6) is 5.75 Å². The first kappa shape index (κ1) is 14.4. The summed E-state index contributed by atoms with van der Waals surface area (Å²) < 4.78 is 13.9. The third kappa shape index (κ3) is 3.77. The smallest absolute Gasteiger partial charge is 0.271 e. The number of aromatic hydroxyl groups is 1. The number of nitrogens with zero attached hydrogens (tertiary/aromatic N) is 1. The van der Waals surface area contributed by atoms with Crippen molar-refractivity contribution in [2.24, 2.45) is 5.10 Å². The van der Waals surface area contributed by atoms with Gasteiger partial charge in [-0.15, -0.1) is 0 Å². The van der Waals surface area contributed by atoms with Crippen molar-refractivity contribution in [1.82, 2.24) is 5.43 Å². The van der Waals surface area contributed by atoms with E-state index in [0.29, 0.717) is 5.56 Å². The van der Waals surface area contributed by atoms with Crippen molar-refractivity contribution in [3.8, 4) is 5.75 Å².